The molecule has 2 saturated heterocycles. The summed E-state index contributed by atoms with van der Waals surface area (Å²) in [5, 5.41) is 10.7. The Labute approximate surface area is 183 Å². The molecule has 4 aliphatic carbocycles. The van der Waals surface area contributed by atoms with E-state index < -0.39 is 0 Å². The van der Waals surface area contributed by atoms with Gasteiger partial charge in [0.05, 0.1) is 12.7 Å². The highest BCUT2D eigenvalue weighted by molar-refractivity contribution is 5.15. The molecule has 11 atom stereocenters. The fourth-order valence-electron chi connectivity index (χ4n) is 10.4. The van der Waals surface area contributed by atoms with Gasteiger partial charge in [-0.15, -0.1) is 0 Å². The molecule has 0 bridgehead atoms. The summed E-state index contributed by atoms with van der Waals surface area (Å²) in [5.41, 5.74) is 0.649. The SMILES string of the molecule is C[C@@H]1CC[C@@]2(OC1)O[C@H]1C[C@H]3[C@@H]4CCC5CCCC[C@]5(CO)[C@H]4CC[C@]3(C)[C@H]1[C@@H]2C. The minimum absolute atomic E-state index is 0.247. The highest BCUT2D eigenvalue weighted by Gasteiger charge is 2.69. The van der Waals surface area contributed by atoms with E-state index in [0.29, 0.717) is 35.9 Å². The van der Waals surface area contributed by atoms with Gasteiger partial charge in [-0.1, -0.05) is 33.6 Å². The number of aliphatic hydroxyl groups is 1. The van der Waals surface area contributed by atoms with Gasteiger partial charge in [0.15, 0.2) is 5.79 Å². The second kappa shape index (κ2) is 6.94. The van der Waals surface area contributed by atoms with Crippen molar-refractivity contribution < 1.29 is 14.6 Å². The van der Waals surface area contributed by atoms with Crippen LogP contribution in [0.2, 0.25) is 0 Å². The maximum absolute atomic E-state index is 10.7. The number of hydrogen-bond donors (Lipinski definition) is 1. The van der Waals surface area contributed by atoms with E-state index in [-0.39, 0.29) is 11.2 Å². The molecule has 0 radical (unpaired) electrons. The first-order valence-electron chi connectivity index (χ1n) is 13.4. The van der Waals surface area contributed by atoms with Gasteiger partial charge in [0.25, 0.3) is 0 Å². The summed E-state index contributed by atoms with van der Waals surface area (Å²) in [6.07, 6.45) is 14.8. The van der Waals surface area contributed by atoms with Crippen LogP contribution in [0.15, 0.2) is 0 Å². The summed E-state index contributed by atoms with van der Waals surface area (Å²) >= 11 is 0. The summed E-state index contributed by atoms with van der Waals surface area (Å²) in [6, 6.07) is 0. The fraction of sp³-hybridized carbons (Fsp3) is 1.00. The van der Waals surface area contributed by atoms with E-state index in [1.54, 1.807) is 0 Å². The molecule has 0 aromatic heterocycles. The maximum atomic E-state index is 10.7. The molecular formula is C27H44O3. The summed E-state index contributed by atoms with van der Waals surface area (Å²) in [5.74, 6) is 4.71. The third kappa shape index (κ3) is 2.55. The number of rotatable bonds is 1. The summed E-state index contributed by atoms with van der Waals surface area (Å²) < 4.78 is 13.4. The van der Waals surface area contributed by atoms with Crippen LogP contribution < -0.4 is 0 Å². The van der Waals surface area contributed by atoms with Gasteiger partial charge in [-0.25, -0.2) is 0 Å². The molecule has 3 heteroatoms. The Morgan fingerprint density at radius 1 is 0.933 bits per heavy atom. The molecule has 2 aliphatic heterocycles. The predicted octanol–water partition coefficient (Wildman–Crippen LogP) is 5.80. The molecule has 170 valence electrons. The second-order valence-electron chi connectivity index (χ2n) is 12.8. The molecule has 6 rings (SSSR count). The molecule has 4 saturated carbocycles. The number of fused-ring (bicyclic) bond motifs is 7. The lowest BCUT2D eigenvalue weighted by Gasteiger charge is -2.61. The zero-order valence-corrected chi connectivity index (χ0v) is 19.6. The summed E-state index contributed by atoms with van der Waals surface area (Å²) in [7, 11) is 0. The van der Waals surface area contributed by atoms with Crippen molar-refractivity contribution in [2.45, 2.75) is 103 Å². The second-order valence-corrected chi connectivity index (χ2v) is 12.8. The third-order valence-corrected chi connectivity index (χ3v) is 11.8. The number of aliphatic hydroxyl groups excluding tert-OH is 1. The normalized spacial score (nSPS) is 60.0. The predicted molar refractivity (Wildman–Crippen MR) is 118 cm³/mol. The lowest BCUT2D eigenvalue weighted by atomic mass is 9.44. The van der Waals surface area contributed by atoms with Crippen LogP contribution in [-0.4, -0.2) is 30.2 Å². The Kier molecular flexibility index (Phi) is 4.74. The summed E-state index contributed by atoms with van der Waals surface area (Å²) in [6.45, 7) is 8.70. The Bertz CT molecular complexity index is 669. The van der Waals surface area contributed by atoms with Crippen LogP contribution in [-0.2, 0) is 9.47 Å². The zero-order valence-electron chi connectivity index (χ0n) is 19.6. The van der Waals surface area contributed by atoms with Gasteiger partial charge < -0.3 is 14.6 Å². The molecule has 2 heterocycles. The molecule has 6 aliphatic rings. The molecular weight excluding hydrogens is 372 g/mol. The van der Waals surface area contributed by atoms with E-state index in [1.165, 1.54) is 64.2 Å². The molecule has 1 N–H and O–H groups in total. The van der Waals surface area contributed by atoms with Crippen LogP contribution >= 0.6 is 0 Å². The van der Waals surface area contributed by atoms with Gasteiger partial charge in [-0.3, -0.25) is 0 Å². The molecule has 3 nitrogen and oxygen atoms in total. The van der Waals surface area contributed by atoms with Crippen LogP contribution in [0.1, 0.15) is 91.4 Å². The van der Waals surface area contributed by atoms with Crippen LogP contribution in [0, 0.1) is 52.3 Å². The minimum Gasteiger partial charge on any atom is -0.396 e. The zero-order chi connectivity index (χ0) is 20.7. The van der Waals surface area contributed by atoms with E-state index in [1.807, 2.05) is 0 Å². The van der Waals surface area contributed by atoms with Gasteiger partial charge in [0.1, 0.15) is 0 Å². The number of hydrogen-bond acceptors (Lipinski definition) is 3. The van der Waals surface area contributed by atoms with Gasteiger partial charge >= 0.3 is 0 Å². The quantitative estimate of drug-likeness (QED) is 0.587. The van der Waals surface area contributed by atoms with Crippen LogP contribution in [0.25, 0.3) is 0 Å². The largest absolute Gasteiger partial charge is 0.396 e. The first-order valence-corrected chi connectivity index (χ1v) is 13.4. The Balaban J connectivity index is 1.28. The average molecular weight is 417 g/mol. The van der Waals surface area contributed by atoms with E-state index in [4.69, 9.17) is 9.47 Å². The molecule has 1 spiro atoms. The molecule has 0 aromatic rings. The Morgan fingerprint density at radius 3 is 2.57 bits per heavy atom. The van der Waals surface area contributed by atoms with E-state index >= 15 is 0 Å². The van der Waals surface area contributed by atoms with Crippen molar-refractivity contribution in [3.8, 4) is 0 Å². The van der Waals surface area contributed by atoms with Crippen LogP contribution in [0.4, 0.5) is 0 Å². The monoisotopic (exact) mass is 416 g/mol. The smallest absolute Gasteiger partial charge is 0.171 e. The number of ether oxygens (including phenoxy) is 2. The standard InChI is InChI=1S/C27H44O3/c1-17-9-13-27(29-15-17)18(2)24-23(30-27)14-22-20-8-7-19-6-4-5-11-26(19,16-28)21(20)10-12-25(22,24)3/h17-24,28H,4-16H2,1-3H3/t17-,18+,19?,20-,21+,22+,23+,24+,25+,26-,27-/m1/s1. The first-order chi connectivity index (χ1) is 14.4. The van der Waals surface area contributed by atoms with Crippen molar-refractivity contribution >= 4 is 0 Å². The third-order valence-electron chi connectivity index (χ3n) is 11.8. The minimum atomic E-state index is -0.292. The van der Waals surface area contributed by atoms with Crippen LogP contribution in [0.3, 0.4) is 0 Å². The first kappa shape index (κ1) is 20.5. The Morgan fingerprint density at radius 2 is 1.80 bits per heavy atom. The molecule has 30 heavy (non-hydrogen) atoms. The lowest BCUT2D eigenvalue weighted by molar-refractivity contribution is -0.273. The van der Waals surface area contributed by atoms with E-state index in [0.717, 1.165) is 36.7 Å². The van der Waals surface area contributed by atoms with Crippen molar-refractivity contribution in [2.75, 3.05) is 13.2 Å². The highest BCUT2D eigenvalue weighted by atomic mass is 16.7. The molecule has 0 amide bonds. The van der Waals surface area contributed by atoms with Crippen molar-refractivity contribution in [1.29, 1.82) is 0 Å². The van der Waals surface area contributed by atoms with Crippen LogP contribution in [0.5, 0.6) is 0 Å². The van der Waals surface area contributed by atoms with E-state index in [9.17, 15) is 5.11 Å². The van der Waals surface area contributed by atoms with Gasteiger partial charge in [0.2, 0.25) is 0 Å². The van der Waals surface area contributed by atoms with Gasteiger partial charge in [-0.2, -0.15) is 0 Å². The summed E-state index contributed by atoms with van der Waals surface area (Å²) in [4.78, 5) is 0. The van der Waals surface area contributed by atoms with Gasteiger partial charge in [-0.05, 0) is 97.7 Å². The molecule has 1 unspecified atom stereocenters. The van der Waals surface area contributed by atoms with Crippen molar-refractivity contribution in [3.63, 3.8) is 0 Å². The van der Waals surface area contributed by atoms with Crippen molar-refractivity contribution in [3.05, 3.63) is 0 Å². The highest BCUT2D eigenvalue weighted by Crippen LogP contribution is 2.71. The van der Waals surface area contributed by atoms with Crippen molar-refractivity contribution in [1.82, 2.24) is 0 Å². The maximum Gasteiger partial charge on any atom is 0.171 e. The topological polar surface area (TPSA) is 38.7 Å². The lowest BCUT2D eigenvalue weighted by Crippen LogP contribution is -2.56. The molecule has 0 aromatic carbocycles. The molecule has 6 fully saturated rings. The van der Waals surface area contributed by atoms with Gasteiger partial charge in [0, 0.05) is 18.9 Å². The Hall–Kier alpha value is -0.120. The van der Waals surface area contributed by atoms with Crippen molar-refractivity contribution in [2.24, 2.45) is 52.3 Å². The average Bonchev–Trinajstić information content (AvgIpc) is 3.20. The fourth-order valence-corrected chi connectivity index (χ4v) is 10.4. The van der Waals surface area contributed by atoms with E-state index in [2.05, 4.69) is 20.8 Å².